The summed E-state index contributed by atoms with van der Waals surface area (Å²) in [6.45, 7) is 1.16. The third-order valence-electron chi connectivity index (χ3n) is 2.23. The number of hydrogen-bond acceptors (Lipinski definition) is 2. The molecule has 0 radical (unpaired) electrons. The molecule has 0 atom stereocenters. The van der Waals surface area contributed by atoms with Gasteiger partial charge in [0.2, 0.25) is 0 Å². The Morgan fingerprint density at radius 3 is 2.59 bits per heavy atom. The molecule has 1 heterocycles. The topological polar surface area (TPSA) is 12.0 Å². The van der Waals surface area contributed by atoms with Gasteiger partial charge >= 0.3 is 0 Å². The van der Waals surface area contributed by atoms with E-state index in [-0.39, 0.29) is 0 Å². The first-order chi connectivity index (χ1) is 8.15. The summed E-state index contributed by atoms with van der Waals surface area (Å²) in [5.74, 6) is -1.64. The van der Waals surface area contributed by atoms with Crippen molar-refractivity contribution in [3.8, 4) is 0 Å². The van der Waals surface area contributed by atoms with E-state index in [4.69, 9.17) is 11.6 Å². The van der Waals surface area contributed by atoms with Gasteiger partial charge in [-0.3, -0.25) is 0 Å². The van der Waals surface area contributed by atoms with Crippen molar-refractivity contribution in [2.24, 2.45) is 0 Å². The molecular weight excluding hydrogens is 264 g/mol. The van der Waals surface area contributed by atoms with Crippen LogP contribution in [0.3, 0.4) is 0 Å². The van der Waals surface area contributed by atoms with Crippen molar-refractivity contribution in [3.63, 3.8) is 0 Å². The van der Waals surface area contributed by atoms with Gasteiger partial charge in [-0.2, -0.15) is 0 Å². The first-order valence-corrected chi connectivity index (χ1v) is 6.28. The molecule has 1 nitrogen and oxygen atoms in total. The Bertz CT molecular complexity index is 513. The van der Waals surface area contributed by atoms with Crippen molar-refractivity contribution >= 4 is 22.9 Å². The van der Waals surface area contributed by atoms with E-state index < -0.39 is 11.6 Å². The molecule has 2 aromatic rings. The fraction of sp³-hybridized carbons (Fsp3) is 0.167. The summed E-state index contributed by atoms with van der Waals surface area (Å²) in [6.07, 6.45) is 0. The summed E-state index contributed by atoms with van der Waals surface area (Å²) in [5.41, 5.74) is 0.714. The summed E-state index contributed by atoms with van der Waals surface area (Å²) < 4.78 is 25.6. The third kappa shape index (κ3) is 3.49. The molecule has 0 fully saturated rings. The van der Waals surface area contributed by atoms with Crippen LogP contribution in [0.5, 0.6) is 0 Å². The maximum atomic E-state index is 12.9. The minimum absolute atomic E-state index is 0.493. The smallest absolute Gasteiger partial charge is 0.159 e. The molecule has 0 aliphatic carbocycles. The minimum atomic E-state index is -0.821. The summed E-state index contributed by atoms with van der Waals surface area (Å²) in [6, 6.07) is 5.77. The van der Waals surface area contributed by atoms with E-state index in [1.54, 1.807) is 17.4 Å². The van der Waals surface area contributed by atoms with E-state index in [9.17, 15) is 8.78 Å². The monoisotopic (exact) mass is 273 g/mol. The number of thiophene rings is 1. The van der Waals surface area contributed by atoms with Crippen LogP contribution in [0, 0.1) is 11.6 Å². The van der Waals surface area contributed by atoms with Gasteiger partial charge in [0, 0.05) is 23.3 Å². The van der Waals surface area contributed by atoms with Crippen molar-refractivity contribution in [1.29, 1.82) is 0 Å². The highest BCUT2D eigenvalue weighted by molar-refractivity contribution is 7.10. The number of rotatable bonds is 4. The van der Waals surface area contributed by atoms with Gasteiger partial charge in [0.1, 0.15) is 0 Å². The van der Waals surface area contributed by atoms with Crippen LogP contribution in [-0.2, 0) is 13.1 Å². The van der Waals surface area contributed by atoms with E-state index in [0.29, 0.717) is 18.7 Å². The highest BCUT2D eigenvalue weighted by atomic mass is 35.5. The fourth-order valence-electron chi connectivity index (χ4n) is 1.43. The van der Waals surface area contributed by atoms with Gasteiger partial charge < -0.3 is 5.32 Å². The zero-order valence-corrected chi connectivity index (χ0v) is 10.4. The second-order valence-electron chi connectivity index (χ2n) is 3.58. The van der Waals surface area contributed by atoms with Crippen LogP contribution in [0.25, 0.3) is 0 Å². The van der Waals surface area contributed by atoms with E-state index in [1.807, 2.05) is 11.4 Å². The Hall–Kier alpha value is -0.970. The lowest BCUT2D eigenvalue weighted by Gasteiger charge is -2.03. The van der Waals surface area contributed by atoms with Gasteiger partial charge in [-0.05, 0) is 23.8 Å². The normalized spacial score (nSPS) is 10.8. The first kappa shape index (κ1) is 12.5. The van der Waals surface area contributed by atoms with Crippen molar-refractivity contribution in [2.45, 2.75) is 13.1 Å². The van der Waals surface area contributed by atoms with Crippen LogP contribution >= 0.6 is 22.9 Å². The van der Waals surface area contributed by atoms with Gasteiger partial charge in [-0.1, -0.05) is 17.7 Å². The van der Waals surface area contributed by atoms with Crippen LogP contribution in [0.4, 0.5) is 8.78 Å². The predicted octanol–water partition coefficient (Wildman–Crippen LogP) is 3.97. The molecule has 5 heteroatoms. The average molecular weight is 274 g/mol. The lowest BCUT2D eigenvalue weighted by atomic mass is 10.2. The summed E-state index contributed by atoms with van der Waals surface area (Å²) >= 11 is 7.35. The van der Waals surface area contributed by atoms with Crippen molar-refractivity contribution < 1.29 is 8.78 Å². The van der Waals surface area contributed by atoms with Gasteiger partial charge in [-0.15, -0.1) is 11.3 Å². The average Bonchev–Trinajstić information content (AvgIpc) is 2.70. The van der Waals surface area contributed by atoms with E-state index in [1.165, 1.54) is 6.07 Å². The SMILES string of the molecule is Fc1ccc(CNCc2cc(Cl)cs2)cc1F. The lowest BCUT2D eigenvalue weighted by Crippen LogP contribution is -2.12. The maximum Gasteiger partial charge on any atom is 0.159 e. The maximum absolute atomic E-state index is 12.9. The zero-order chi connectivity index (χ0) is 12.3. The number of benzene rings is 1. The molecule has 0 saturated carbocycles. The zero-order valence-electron chi connectivity index (χ0n) is 8.84. The molecule has 17 heavy (non-hydrogen) atoms. The summed E-state index contributed by atoms with van der Waals surface area (Å²) in [7, 11) is 0. The van der Waals surface area contributed by atoms with Gasteiger partial charge in [0.25, 0.3) is 0 Å². The standard InChI is InChI=1S/C12H10ClF2NS/c13-9-4-10(17-7-9)6-16-5-8-1-2-11(14)12(15)3-8/h1-4,7,16H,5-6H2. The van der Waals surface area contributed by atoms with Crippen molar-refractivity contribution in [3.05, 3.63) is 56.7 Å². The first-order valence-electron chi connectivity index (χ1n) is 5.03. The van der Waals surface area contributed by atoms with Crippen LogP contribution in [0.1, 0.15) is 10.4 Å². The molecule has 1 aromatic heterocycles. The largest absolute Gasteiger partial charge is 0.308 e. The van der Waals surface area contributed by atoms with Crippen LogP contribution in [-0.4, -0.2) is 0 Å². The molecule has 0 saturated heterocycles. The fourth-order valence-corrected chi connectivity index (χ4v) is 2.47. The second kappa shape index (κ2) is 5.58. The van der Waals surface area contributed by atoms with Gasteiger partial charge in [0.05, 0.1) is 5.02 Å². The molecule has 0 spiro atoms. The van der Waals surface area contributed by atoms with Crippen LogP contribution in [0.2, 0.25) is 5.02 Å². The predicted molar refractivity (Wildman–Crippen MR) is 66.2 cm³/mol. The van der Waals surface area contributed by atoms with Crippen LogP contribution in [0.15, 0.2) is 29.6 Å². The van der Waals surface area contributed by atoms with Gasteiger partial charge in [-0.25, -0.2) is 8.78 Å². The second-order valence-corrected chi connectivity index (χ2v) is 5.02. The summed E-state index contributed by atoms with van der Waals surface area (Å²) in [4.78, 5) is 1.11. The molecule has 0 aliphatic rings. The molecule has 0 unspecified atom stereocenters. The Balaban J connectivity index is 1.87. The molecule has 1 N–H and O–H groups in total. The van der Waals surface area contributed by atoms with Gasteiger partial charge in [0.15, 0.2) is 11.6 Å². The Labute approximate surface area is 107 Å². The van der Waals surface area contributed by atoms with Crippen LogP contribution < -0.4 is 5.32 Å². The molecule has 2 rings (SSSR count). The lowest BCUT2D eigenvalue weighted by molar-refractivity contribution is 0.506. The molecule has 0 aliphatic heterocycles. The molecule has 90 valence electrons. The quantitative estimate of drug-likeness (QED) is 0.889. The summed E-state index contributed by atoms with van der Waals surface area (Å²) in [5, 5.41) is 5.72. The minimum Gasteiger partial charge on any atom is -0.308 e. The number of hydrogen-bond donors (Lipinski definition) is 1. The van der Waals surface area contributed by atoms with E-state index in [0.717, 1.165) is 16.0 Å². The highest BCUT2D eigenvalue weighted by Crippen LogP contribution is 2.18. The molecular formula is C12H10ClF2NS. The molecule has 1 aromatic carbocycles. The number of halogens is 3. The Kier molecular flexibility index (Phi) is 4.10. The Morgan fingerprint density at radius 2 is 1.94 bits per heavy atom. The van der Waals surface area contributed by atoms with Crippen molar-refractivity contribution in [2.75, 3.05) is 0 Å². The number of nitrogens with one attached hydrogen (secondary N) is 1. The van der Waals surface area contributed by atoms with E-state index >= 15 is 0 Å². The van der Waals surface area contributed by atoms with E-state index in [2.05, 4.69) is 5.32 Å². The van der Waals surface area contributed by atoms with Crippen molar-refractivity contribution in [1.82, 2.24) is 5.32 Å². The molecule has 0 bridgehead atoms. The molecule has 0 amide bonds. The Morgan fingerprint density at radius 1 is 1.12 bits per heavy atom. The highest BCUT2D eigenvalue weighted by Gasteiger charge is 2.02. The third-order valence-corrected chi connectivity index (χ3v) is 3.52.